The molecule has 0 bridgehead atoms. The minimum atomic E-state index is -3.52. The third-order valence-corrected chi connectivity index (χ3v) is 6.57. The smallest absolute Gasteiger partial charge is 0.246 e. The molecule has 0 unspecified atom stereocenters. The molecule has 1 aliphatic rings. The van der Waals surface area contributed by atoms with E-state index in [1.165, 1.54) is 4.31 Å². The summed E-state index contributed by atoms with van der Waals surface area (Å²) in [5.74, 6) is 0.836. The molecule has 0 atom stereocenters. The highest BCUT2D eigenvalue weighted by molar-refractivity contribution is 7.89. The van der Waals surface area contributed by atoms with Crippen LogP contribution in [-0.4, -0.2) is 55.7 Å². The van der Waals surface area contributed by atoms with Crippen LogP contribution in [0.15, 0.2) is 29.2 Å². The molecule has 1 N–H and O–H groups in total. The quantitative estimate of drug-likeness (QED) is 0.877. The first-order chi connectivity index (χ1) is 11.9. The number of hydrogen-bond donors (Lipinski definition) is 1. The van der Waals surface area contributed by atoms with Gasteiger partial charge in [-0.05, 0) is 32.9 Å². The molecule has 0 spiro atoms. The van der Waals surface area contributed by atoms with E-state index < -0.39 is 10.0 Å². The molecule has 25 heavy (non-hydrogen) atoms. The molecule has 2 aromatic rings. The zero-order valence-electron chi connectivity index (χ0n) is 14.8. The van der Waals surface area contributed by atoms with Gasteiger partial charge in [0.1, 0.15) is 10.6 Å². The fraction of sp³-hybridized carbons (Fsp3) is 0.471. The molecule has 0 saturated carbocycles. The molecule has 136 valence electrons. The van der Waals surface area contributed by atoms with Crippen molar-refractivity contribution in [1.82, 2.24) is 14.5 Å². The number of hydrogen-bond acceptors (Lipinski definition) is 5. The van der Waals surface area contributed by atoms with Crippen molar-refractivity contribution >= 4 is 15.7 Å². The van der Waals surface area contributed by atoms with Crippen LogP contribution in [-0.2, 0) is 10.0 Å². The first kappa shape index (κ1) is 17.8. The lowest BCUT2D eigenvalue weighted by molar-refractivity contribution is 0.337. The van der Waals surface area contributed by atoms with Gasteiger partial charge in [-0.2, -0.15) is 9.40 Å². The average Bonchev–Trinajstić information content (AvgIpc) is 2.95. The topological polar surface area (TPSA) is 78.5 Å². The molecule has 1 fully saturated rings. The number of anilines is 1. The summed E-state index contributed by atoms with van der Waals surface area (Å²) < 4.78 is 33.1. The molecule has 0 aliphatic carbocycles. The zero-order chi connectivity index (χ0) is 18.0. The third-order valence-electron chi connectivity index (χ3n) is 4.40. The summed E-state index contributed by atoms with van der Waals surface area (Å²) in [7, 11) is -3.52. The Morgan fingerprint density at radius 2 is 1.84 bits per heavy atom. The van der Waals surface area contributed by atoms with Crippen LogP contribution in [0.5, 0.6) is 5.75 Å². The Morgan fingerprint density at radius 3 is 2.44 bits per heavy atom. The Balaban J connectivity index is 1.76. The Kier molecular flexibility index (Phi) is 5.01. The van der Waals surface area contributed by atoms with E-state index in [0.717, 1.165) is 11.4 Å². The highest BCUT2D eigenvalue weighted by Gasteiger charge is 2.32. The molecule has 1 aliphatic heterocycles. The van der Waals surface area contributed by atoms with Crippen LogP contribution in [0.1, 0.15) is 18.3 Å². The number of nitrogens with zero attached hydrogens (tertiary/aromatic N) is 3. The van der Waals surface area contributed by atoms with E-state index in [0.29, 0.717) is 49.1 Å². The minimum Gasteiger partial charge on any atom is -0.492 e. The molecule has 1 aromatic heterocycles. The van der Waals surface area contributed by atoms with E-state index in [-0.39, 0.29) is 0 Å². The number of aromatic amines is 1. The second kappa shape index (κ2) is 7.05. The lowest BCUT2D eigenvalue weighted by atomic mass is 10.2. The maximum absolute atomic E-state index is 12.9. The summed E-state index contributed by atoms with van der Waals surface area (Å²) in [5, 5.41) is 6.77. The number of aryl methyl sites for hydroxylation is 2. The van der Waals surface area contributed by atoms with Gasteiger partial charge in [-0.25, -0.2) is 8.42 Å². The van der Waals surface area contributed by atoms with E-state index in [4.69, 9.17) is 4.74 Å². The number of H-pyrrole nitrogens is 1. The number of nitrogens with one attached hydrogen (secondary N) is 1. The predicted molar refractivity (Wildman–Crippen MR) is 96.6 cm³/mol. The molecular formula is C17H24N4O3S. The van der Waals surface area contributed by atoms with Crippen molar-refractivity contribution in [3.05, 3.63) is 35.7 Å². The molecule has 8 heteroatoms. The van der Waals surface area contributed by atoms with Crippen LogP contribution in [0.4, 0.5) is 5.69 Å². The Labute approximate surface area is 148 Å². The number of aromatic nitrogens is 2. The van der Waals surface area contributed by atoms with E-state index in [9.17, 15) is 8.42 Å². The van der Waals surface area contributed by atoms with Crippen molar-refractivity contribution < 1.29 is 13.2 Å². The number of sulfonamides is 1. The average molecular weight is 364 g/mol. The fourth-order valence-corrected chi connectivity index (χ4v) is 4.97. The van der Waals surface area contributed by atoms with Crippen molar-refractivity contribution in [3.8, 4) is 5.75 Å². The Morgan fingerprint density at radius 1 is 1.16 bits per heavy atom. The van der Waals surface area contributed by atoms with E-state index in [2.05, 4.69) is 15.1 Å². The molecule has 1 aromatic carbocycles. The van der Waals surface area contributed by atoms with Crippen molar-refractivity contribution in [1.29, 1.82) is 0 Å². The van der Waals surface area contributed by atoms with Crippen molar-refractivity contribution in [2.45, 2.75) is 25.7 Å². The fourth-order valence-electron chi connectivity index (χ4n) is 3.22. The van der Waals surface area contributed by atoms with Crippen molar-refractivity contribution in [2.75, 3.05) is 37.7 Å². The number of piperazine rings is 1. The molecule has 0 radical (unpaired) electrons. The summed E-state index contributed by atoms with van der Waals surface area (Å²) in [6.07, 6.45) is 0. The standard InChI is InChI=1S/C17H24N4O3S/c1-4-24-16-8-6-5-7-15(16)20-9-11-21(12-10-20)25(22,23)17-13(2)18-19-14(17)3/h5-8H,4,9-12H2,1-3H3,(H,18,19). The summed E-state index contributed by atoms with van der Waals surface area (Å²) >= 11 is 0. The molecule has 0 amide bonds. The highest BCUT2D eigenvalue weighted by atomic mass is 32.2. The van der Waals surface area contributed by atoms with Crippen molar-refractivity contribution in [3.63, 3.8) is 0 Å². The summed E-state index contributed by atoms with van der Waals surface area (Å²) in [4.78, 5) is 2.47. The van der Waals surface area contributed by atoms with Crippen LogP contribution in [0.3, 0.4) is 0 Å². The van der Waals surface area contributed by atoms with Gasteiger partial charge in [0, 0.05) is 26.2 Å². The van der Waals surface area contributed by atoms with Gasteiger partial charge in [-0.3, -0.25) is 5.10 Å². The summed E-state index contributed by atoms with van der Waals surface area (Å²) in [6.45, 7) is 8.13. The van der Waals surface area contributed by atoms with Gasteiger partial charge in [0.15, 0.2) is 0 Å². The van der Waals surface area contributed by atoms with Crippen LogP contribution >= 0.6 is 0 Å². The Bertz CT molecular complexity index is 820. The SMILES string of the molecule is CCOc1ccccc1N1CCN(S(=O)(=O)c2c(C)n[nH]c2C)CC1. The minimum absolute atomic E-state index is 0.302. The second-order valence-electron chi connectivity index (χ2n) is 6.06. The van der Waals surface area contributed by atoms with Crippen LogP contribution in [0.2, 0.25) is 0 Å². The van der Waals surface area contributed by atoms with E-state index in [1.54, 1.807) is 13.8 Å². The van der Waals surface area contributed by atoms with Gasteiger partial charge < -0.3 is 9.64 Å². The van der Waals surface area contributed by atoms with Gasteiger partial charge in [0.25, 0.3) is 0 Å². The second-order valence-corrected chi connectivity index (χ2v) is 7.93. The largest absolute Gasteiger partial charge is 0.492 e. The van der Waals surface area contributed by atoms with Gasteiger partial charge in [0.05, 0.1) is 23.7 Å². The first-order valence-corrected chi connectivity index (χ1v) is 9.87. The molecule has 7 nitrogen and oxygen atoms in total. The van der Waals surface area contributed by atoms with Crippen LogP contribution < -0.4 is 9.64 Å². The van der Waals surface area contributed by atoms with Gasteiger partial charge >= 0.3 is 0 Å². The molecule has 3 rings (SSSR count). The summed E-state index contributed by atoms with van der Waals surface area (Å²) in [5.41, 5.74) is 2.11. The Hall–Kier alpha value is -2.06. The summed E-state index contributed by atoms with van der Waals surface area (Å²) in [6, 6.07) is 7.87. The lowest BCUT2D eigenvalue weighted by Crippen LogP contribution is -2.48. The van der Waals surface area contributed by atoms with Crippen LogP contribution in [0, 0.1) is 13.8 Å². The first-order valence-electron chi connectivity index (χ1n) is 8.43. The van der Waals surface area contributed by atoms with Gasteiger partial charge in [-0.15, -0.1) is 0 Å². The van der Waals surface area contributed by atoms with Crippen LogP contribution in [0.25, 0.3) is 0 Å². The van der Waals surface area contributed by atoms with E-state index in [1.807, 2.05) is 31.2 Å². The monoisotopic (exact) mass is 364 g/mol. The third kappa shape index (κ3) is 3.36. The van der Waals surface area contributed by atoms with Gasteiger partial charge in [0.2, 0.25) is 10.0 Å². The van der Waals surface area contributed by atoms with Gasteiger partial charge in [-0.1, -0.05) is 12.1 Å². The van der Waals surface area contributed by atoms with Crippen molar-refractivity contribution in [2.24, 2.45) is 0 Å². The predicted octanol–water partition coefficient (Wildman–Crippen LogP) is 1.94. The normalized spacial score (nSPS) is 16.2. The lowest BCUT2D eigenvalue weighted by Gasteiger charge is -2.36. The maximum Gasteiger partial charge on any atom is 0.246 e. The number of ether oxygens (including phenoxy) is 1. The van der Waals surface area contributed by atoms with E-state index >= 15 is 0 Å². The highest BCUT2D eigenvalue weighted by Crippen LogP contribution is 2.30. The number of benzene rings is 1. The molecule has 1 saturated heterocycles. The zero-order valence-corrected chi connectivity index (χ0v) is 15.6. The molecular weight excluding hydrogens is 340 g/mol. The molecule has 2 heterocycles. The maximum atomic E-state index is 12.9. The number of para-hydroxylation sites is 2. The number of rotatable bonds is 5.